The normalized spacial score (nSPS) is 12.5. The van der Waals surface area contributed by atoms with Crippen LogP contribution in [0.25, 0.3) is 16.2 Å². The van der Waals surface area contributed by atoms with E-state index < -0.39 is 0 Å². The van der Waals surface area contributed by atoms with Crippen molar-refractivity contribution in [2.75, 3.05) is 5.32 Å². The van der Waals surface area contributed by atoms with Crippen molar-refractivity contribution in [3.8, 4) is 11.3 Å². The second-order valence-electron chi connectivity index (χ2n) is 4.40. The summed E-state index contributed by atoms with van der Waals surface area (Å²) in [6.45, 7) is 1.79. The third-order valence-electron chi connectivity index (χ3n) is 2.90. The van der Waals surface area contributed by atoms with Gasteiger partial charge in [-0.3, -0.25) is 9.20 Å². The first-order chi connectivity index (χ1) is 9.63. The van der Waals surface area contributed by atoms with Crippen LogP contribution in [0.2, 0.25) is 0 Å². The molecule has 3 aromatic rings. The summed E-state index contributed by atoms with van der Waals surface area (Å²) < 4.78 is 2.00. The van der Waals surface area contributed by atoms with Gasteiger partial charge in [-0.05, 0) is 19.1 Å². The van der Waals surface area contributed by atoms with Crippen molar-refractivity contribution in [1.29, 1.82) is 0 Å². The van der Waals surface area contributed by atoms with E-state index in [1.54, 1.807) is 18.3 Å². The van der Waals surface area contributed by atoms with Crippen LogP contribution in [0.5, 0.6) is 0 Å². The molecule has 0 radical (unpaired) electrons. The minimum absolute atomic E-state index is 0.0553. The van der Waals surface area contributed by atoms with Crippen molar-refractivity contribution in [2.24, 2.45) is 0 Å². The predicted octanol–water partition coefficient (Wildman–Crippen LogP) is 3.78. The molecule has 1 atom stereocenters. The van der Waals surface area contributed by atoms with Crippen LogP contribution in [0.15, 0.2) is 42.0 Å². The highest BCUT2D eigenvalue weighted by atomic mass is 79.9. The molecule has 0 spiro atoms. The molecule has 2 heterocycles. The highest BCUT2D eigenvalue weighted by Gasteiger charge is 2.09. The zero-order chi connectivity index (χ0) is 14.1. The first-order valence-electron chi connectivity index (χ1n) is 6.11. The molecule has 0 bridgehead atoms. The Labute approximate surface area is 128 Å². The van der Waals surface area contributed by atoms with Gasteiger partial charge in [0, 0.05) is 29.0 Å². The molecule has 0 aliphatic carbocycles. The Morgan fingerprint density at radius 2 is 2.15 bits per heavy atom. The molecule has 0 aliphatic heterocycles. The molecule has 1 amide bonds. The van der Waals surface area contributed by atoms with E-state index in [1.807, 2.05) is 46.4 Å². The van der Waals surface area contributed by atoms with Gasteiger partial charge < -0.3 is 5.32 Å². The van der Waals surface area contributed by atoms with Gasteiger partial charge >= 0.3 is 0 Å². The average molecular weight is 350 g/mol. The fourth-order valence-electron chi connectivity index (χ4n) is 1.83. The Morgan fingerprint density at radius 3 is 2.80 bits per heavy atom. The van der Waals surface area contributed by atoms with Crippen LogP contribution < -0.4 is 5.32 Å². The number of imidazole rings is 1. The van der Waals surface area contributed by atoms with Crippen LogP contribution >= 0.6 is 27.3 Å². The summed E-state index contributed by atoms with van der Waals surface area (Å²) in [5.41, 5.74) is 2.75. The number of carbonyl (C=O) groups excluding carboxylic acids is 1. The minimum Gasteiger partial charge on any atom is -0.325 e. The smallest absolute Gasteiger partial charge is 0.237 e. The molecule has 0 saturated heterocycles. The van der Waals surface area contributed by atoms with Crippen LogP contribution in [0.4, 0.5) is 5.69 Å². The third kappa shape index (κ3) is 2.62. The summed E-state index contributed by atoms with van der Waals surface area (Å²) in [7, 11) is 0. The van der Waals surface area contributed by atoms with Gasteiger partial charge in [-0.15, -0.1) is 11.3 Å². The van der Waals surface area contributed by atoms with Gasteiger partial charge in [0.05, 0.1) is 10.5 Å². The largest absolute Gasteiger partial charge is 0.325 e. The maximum atomic E-state index is 11.6. The van der Waals surface area contributed by atoms with Crippen LogP contribution in [0, 0.1) is 0 Å². The van der Waals surface area contributed by atoms with Gasteiger partial charge in [0.15, 0.2) is 4.96 Å². The zero-order valence-corrected chi connectivity index (χ0v) is 13.1. The number of carbonyl (C=O) groups is 1. The third-order valence-corrected chi connectivity index (χ3v) is 4.09. The number of nitrogens with zero attached hydrogens (tertiary/aromatic N) is 2. The molecule has 6 heteroatoms. The molecule has 1 N–H and O–H groups in total. The van der Waals surface area contributed by atoms with E-state index in [4.69, 9.17) is 0 Å². The molecule has 0 fully saturated rings. The van der Waals surface area contributed by atoms with Crippen molar-refractivity contribution >= 4 is 43.8 Å². The summed E-state index contributed by atoms with van der Waals surface area (Å²) in [5, 5.41) is 4.84. The highest BCUT2D eigenvalue weighted by Crippen LogP contribution is 2.23. The van der Waals surface area contributed by atoms with Gasteiger partial charge in [0.1, 0.15) is 0 Å². The number of hydrogen-bond donors (Lipinski definition) is 1. The van der Waals surface area contributed by atoms with Gasteiger partial charge in [0.2, 0.25) is 5.91 Å². The molecule has 4 nitrogen and oxygen atoms in total. The molecule has 20 heavy (non-hydrogen) atoms. The SMILES string of the molecule is CC(Br)C(=O)Nc1ccc(-c2cn3ccsc3n2)cc1. The van der Waals surface area contributed by atoms with E-state index in [1.165, 1.54) is 0 Å². The topological polar surface area (TPSA) is 46.4 Å². The summed E-state index contributed by atoms with van der Waals surface area (Å²) in [5.74, 6) is -0.0553. The van der Waals surface area contributed by atoms with Crippen molar-refractivity contribution < 1.29 is 4.79 Å². The second-order valence-corrected chi connectivity index (χ2v) is 6.65. The van der Waals surface area contributed by atoms with Gasteiger partial charge in [0.25, 0.3) is 0 Å². The number of halogens is 1. The Morgan fingerprint density at radius 1 is 1.40 bits per heavy atom. The Bertz CT molecular complexity index is 717. The summed E-state index contributed by atoms with van der Waals surface area (Å²) in [6, 6.07) is 7.69. The number of anilines is 1. The Hall–Kier alpha value is -1.66. The van der Waals surface area contributed by atoms with Gasteiger partial charge in [-0.25, -0.2) is 4.98 Å². The second kappa shape index (κ2) is 5.38. The van der Waals surface area contributed by atoms with E-state index >= 15 is 0 Å². The Kier molecular flexibility index (Phi) is 3.58. The molecular formula is C14H12BrN3OS. The predicted molar refractivity (Wildman–Crippen MR) is 85.5 cm³/mol. The zero-order valence-electron chi connectivity index (χ0n) is 10.7. The molecule has 3 rings (SSSR count). The van der Waals surface area contributed by atoms with Crippen molar-refractivity contribution in [3.05, 3.63) is 42.0 Å². The number of thiazole rings is 1. The lowest BCUT2D eigenvalue weighted by Gasteiger charge is -2.06. The first-order valence-corrected chi connectivity index (χ1v) is 7.90. The van der Waals surface area contributed by atoms with Crippen LogP contribution in [-0.4, -0.2) is 20.1 Å². The highest BCUT2D eigenvalue weighted by molar-refractivity contribution is 9.10. The fraction of sp³-hybridized carbons (Fsp3) is 0.143. The summed E-state index contributed by atoms with van der Waals surface area (Å²) in [4.78, 5) is 16.9. The quantitative estimate of drug-likeness (QED) is 0.731. The number of amides is 1. The molecule has 0 aliphatic rings. The summed E-state index contributed by atoms with van der Waals surface area (Å²) >= 11 is 4.85. The fourth-order valence-corrected chi connectivity index (χ4v) is 2.65. The molecule has 2 aromatic heterocycles. The number of fused-ring (bicyclic) bond motifs is 1. The maximum absolute atomic E-state index is 11.6. The lowest BCUT2D eigenvalue weighted by molar-refractivity contribution is -0.115. The van der Waals surface area contributed by atoms with E-state index in [9.17, 15) is 4.79 Å². The van der Waals surface area contributed by atoms with Crippen molar-refractivity contribution in [2.45, 2.75) is 11.8 Å². The lowest BCUT2D eigenvalue weighted by atomic mass is 10.1. The maximum Gasteiger partial charge on any atom is 0.237 e. The molecule has 1 unspecified atom stereocenters. The number of hydrogen-bond acceptors (Lipinski definition) is 3. The standard InChI is InChI=1S/C14H12BrN3OS/c1-9(15)13(19)16-11-4-2-10(3-5-11)12-8-18-6-7-20-14(18)17-12/h2-9H,1H3,(H,16,19). The average Bonchev–Trinajstić information content (AvgIpc) is 3.00. The van der Waals surface area contributed by atoms with E-state index in [0.29, 0.717) is 0 Å². The molecule has 0 saturated carbocycles. The number of rotatable bonds is 3. The molecule has 1 aromatic carbocycles. The monoisotopic (exact) mass is 349 g/mol. The lowest BCUT2D eigenvalue weighted by Crippen LogP contribution is -2.19. The summed E-state index contributed by atoms with van der Waals surface area (Å²) in [6.07, 6.45) is 3.99. The van der Waals surface area contributed by atoms with E-state index in [2.05, 4.69) is 26.2 Å². The van der Waals surface area contributed by atoms with E-state index in [-0.39, 0.29) is 10.7 Å². The van der Waals surface area contributed by atoms with Gasteiger partial charge in [-0.2, -0.15) is 0 Å². The van der Waals surface area contributed by atoms with Crippen molar-refractivity contribution in [1.82, 2.24) is 9.38 Å². The van der Waals surface area contributed by atoms with Crippen LogP contribution in [0.3, 0.4) is 0 Å². The van der Waals surface area contributed by atoms with E-state index in [0.717, 1.165) is 21.9 Å². The number of benzene rings is 1. The molecular weight excluding hydrogens is 338 g/mol. The van der Waals surface area contributed by atoms with Crippen LogP contribution in [0.1, 0.15) is 6.92 Å². The number of nitrogens with one attached hydrogen (secondary N) is 1. The number of aromatic nitrogens is 2. The Balaban J connectivity index is 1.82. The first kappa shape index (κ1) is 13.3. The van der Waals surface area contributed by atoms with Crippen LogP contribution in [-0.2, 0) is 4.79 Å². The van der Waals surface area contributed by atoms with Crippen molar-refractivity contribution in [3.63, 3.8) is 0 Å². The minimum atomic E-state index is -0.206. The van der Waals surface area contributed by atoms with Gasteiger partial charge in [-0.1, -0.05) is 28.1 Å². The number of alkyl halides is 1. The molecule has 102 valence electrons.